The van der Waals surface area contributed by atoms with Crippen molar-refractivity contribution in [1.82, 2.24) is 9.55 Å². The zero-order valence-electron chi connectivity index (χ0n) is 14.0. The number of nitriles is 1. The third kappa shape index (κ3) is 2.88. The predicted molar refractivity (Wildman–Crippen MR) is 90.8 cm³/mol. The van der Waals surface area contributed by atoms with Gasteiger partial charge in [0, 0.05) is 37.8 Å². The van der Waals surface area contributed by atoms with Crippen molar-refractivity contribution in [3.63, 3.8) is 0 Å². The summed E-state index contributed by atoms with van der Waals surface area (Å²) in [5, 5.41) is 9.56. The van der Waals surface area contributed by atoms with Crippen molar-refractivity contribution in [2.24, 2.45) is 5.73 Å². The molecular weight excluding hydrogens is 320 g/mol. The molecule has 7 nitrogen and oxygen atoms in total. The SMILES string of the molecule is COCCn1c(C)cc2c(c1=O)[C@@H](c1cccnc1)C(C#N)=C(N)O2. The summed E-state index contributed by atoms with van der Waals surface area (Å²) >= 11 is 0. The second-order valence-electron chi connectivity index (χ2n) is 5.72. The number of ether oxygens (including phenoxy) is 2. The summed E-state index contributed by atoms with van der Waals surface area (Å²) in [4.78, 5) is 17.2. The van der Waals surface area contributed by atoms with E-state index in [0.717, 1.165) is 5.69 Å². The first kappa shape index (κ1) is 16.7. The molecule has 0 fully saturated rings. The van der Waals surface area contributed by atoms with Gasteiger partial charge in [-0.1, -0.05) is 6.07 Å². The van der Waals surface area contributed by atoms with Crippen molar-refractivity contribution in [3.05, 3.63) is 69.2 Å². The average Bonchev–Trinajstić information content (AvgIpc) is 2.61. The minimum atomic E-state index is -0.607. The lowest BCUT2D eigenvalue weighted by atomic mass is 9.85. The predicted octanol–water partition coefficient (Wildman–Crippen LogP) is 1.42. The smallest absolute Gasteiger partial charge is 0.258 e. The second kappa shape index (κ2) is 6.79. The molecule has 3 heterocycles. The van der Waals surface area contributed by atoms with E-state index in [4.69, 9.17) is 15.2 Å². The number of methoxy groups -OCH3 is 1. The first-order valence-corrected chi connectivity index (χ1v) is 7.79. The molecule has 0 amide bonds. The largest absolute Gasteiger partial charge is 0.440 e. The van der Waals surface area contributed by atoms with Crippen molar-refractivity contribution in [2.75, 3.05) is 13.7 Å². The third-order valence-corrected chi connectivity index (χ3v) is 4.23. The van der Waals surface area contributed by atoms with Gasteiger partial charge in [0.2, 0.25) is 5.88 Å². The van der Waals surface area contributed by atoms with E-state index < -0.39 is 5.92 Å². The maximum absolute atomic E-state index is 13.1. The van der Waals surface area contributed by atoms with E-state index in [0.29, 0.717) is 30.0 Å². The number of aromatic nitrogens is 2. The first-order chi connectivity index (χ1) is 12.1. The molecule has 2 N–H and O–H groups in total. The Morgan fingerprint density at radius 2 is 2.32 bits per heavy atom. The lowest BCUT2D eigenvalue weighted by Gasteiger charge is -2.27. The fourth-order valence-electron chi connectivity index (χ4n) is 3.03. The van der Waals surface area contributed by atoms with Gasteiger partial charge < -0.3 is 19.8 Å². The lowest BCUT2D eigenvalue weighted by Crippen LogP contribution is -2.33. The summed E-state index contributed by atoms with van der Waals surface area (Å²) in [5.74, 6) is -0.219. The monoisotopic (exact) mass is 338 g/mol. The molecule has 3 rings (SSSR count). The van der Waals surface area contributed by atoms with E-state index in [2.05, 4.69) is 11.1 Å². The van der Waals surface area contributed by atoms with Gasteiger partial charge in [0.25, 0.3) is 5.56 Å². The van der Waals surface area contributed by atoms with Crippen LogP contribution in [0.4, 0.5) is 0 Å². The highest BCUT2D eigenvalue weighted by atomic mass is 16.5. The van der Waals surface area contributed by atoms with E-state index in [9.17, 15) is 10.1 Å². The summed E-state index contributed by atoms with van der Waals surface area (Å²) in [7, 11) is 1.58. The average molecular weight is 338 g/mol. The van der Waals surface area contributed by atoms with Crippen LogP contribution in [0.15, 0.2) is 46.8 Å². The van der Waals surface area contributed by atoms with Gasteiger partial charge in [0.1, 0.15) is 17.4 Å². The second-order valence-corrected chi connectivity index (χ2v) is 5.72. The Hall–Kier alpha value is -3.11. The van der Waals surface area contributed by atoms with Crippen molar-refractivity contribution in [2.45, 2.75) is 19.4 Å². The van der Waals surface area contributed by atoms with Gasteiger partial charge in [-0.25, -0.2) is 0 Å². The summed E-state index contributed by atoms with van der Waals surface area (Å²) in [6.07, 6.45) is 3.26. The number of hydrogen-bond donors (Lipinski definition) is 1. The fraction of sp³-hybridized carbons (Fsp3) is 0.278. The zero-order chi connectivity index (χ0) is 18.0. The number of hydrogen-bond acceptors (Lipinski definition) is 6. The van der Waals surface area contributed by atoms with Crippen LogP contribution in [0.1, 0.15) is 22.7 Å². The molecule has 0 spiro atoms. The van der Waals surface area contributed by atoms with Gasteiger partial charge in [0.05, 0.1) is 18.1 Å². The molecule has 7 heteroatoms. The maximum Gasteiger partial charge on any atom is 0.258 e. The number of rotatable bonds is 4. The highest BCUT2D eigenvalue weighted by Gasteiger charge is 2.34. The molecule has 0 unspecified atom stereocenters. The number of nitrogens with two attached hydrogens (primary N) is 1. The minimum Gasteiger partial charge on any atom is -0.440 e. The van der Waals surface area contributed by atoms with Crippen molar-refractivity contribution in [3.8, 4) is 11.8 Å². The van der Waals surface area contributed by atoms with Gasteiger partial charge in [0.15, 0.2) is 0 Å². The molecule has 128 valence electrons. The van der Waals surface area contributed by atoms with E-state index in [1.54, 1.807) is 36.2 Å². The number of pyridine rings is 2. The number of nitrogens with zero attached hydrogens (tertiary/aromatic N) is 3. The van der Waals surface area contributed by atoms with Gasteiger partial charge in [-0.15, -0.1) is 0 Å². The Morgan fingerprint density at radius 1 is 1.52 bits per heavy atom. The number of allylic oxidation sites excluding steroid dienone is 1. The molecular formula is C18H18N4O3. The topological polar surface area (TPSA) is 103 Å². The fourth-order valence-corrected chi connectivity index (χ4v) is 3.03. The van der Waals surface area contributed by atoms with Gasteiger partial charge in [-0.3, -0.25) is 9.78 Å². The molecule has 1 aliphatic rings. The third-order valence-electron chi connectivity index (χ3n) is 4.23. The molecule has 25 heavy (non-hydrogen) atoms. The molecule has 0 aliphatic carbocycles. The molecule has 0 aromatic carbocycles. The van der Waals surface area contributed by atoms with E-state index in [1.165, 1.54) is 0 Å². The summed E-state index contributed by atoms with van der Waals surface area (Å²) in [6.45, 7) is 2.63. The van der Waals surface area contributed by atoms with Crippen LogP contribution in [-0.4, -0.2) is 23.3 Å². The van der Waals surface area contributed by atoms with Crippen LogP contribution in [-0.2, 0) is 11.3 Å². The van der Waals surface area contributed by atoms with Gasteiger partial charge in [-0.05, 0) is 18.6 Å². The molecule has 1 aliphatic heterocycles. The Kier molecular flexibility index (Phi) is 4.55. The molecule has 0 saturated carbocycles. The van der Waals surface area contributed by atoms with E-state index in [1.807, 2.05) is 13.0 Å². The summed E-state index contributed by atoms with van der Waals surface area (Å²) < 4.78 is 12.3. The molecule has 0 saturated heterocycles. The summed E-state index contributed by atoms with van der Waals surface area (Å²) in [5.41, 5.74) is 7.76. The zero-order valence-corrected chi connectivity index (χ0v) is 14.0. The molecule has 1 atom stereocenters. The van der Waals surface area contributed by atoms with Crippen molar-refractivity contribution in [1.29, 1.82) is 5.26 Å². The Morgan fingerprint density at radius 3 is 2.96 bits per heavy atom. The standard InChI is InChI=1S/C18H18N4O3/c1-11-8-14-16(18(23)22(11)6-7-24-2)15(12-4-3-5-21-10-12)13(9-19)17(20)25-14/h3-5,8,10,15H,6-7,20H2,1-2H3/t15-/m0/s1. The Bertz CT molecular complexity index is 926. The van der Waals surface area contributed by atoms with Crippen molar-refractivity contribution >= 4 is 0 Å². The minimum absolute atomic E-state index is 0.0114. The first-order valence-electron chi connectivity index (χ1n) is 7.79. The van der Waals surface area contributed by atoms with Crippen molar-refractivity contribution < 1.29 is 9.47 Å². The lowest BCUT2D eigenvalue weighted by molar-refractivity contribution is 0.185. The quantitative estimate of drug-likeness (QED) is 0.904. The van der Waals surface area contributed by atoms with Crippen LogP contribution in [0.5, 0.6) is 5.75 Å². The van der Waals surface area contributed by atoms with Crippen LogP contribution in [0, 0.1) is 18.3 Å². The van der Waals surface area contributed by atoms with Crippen LogP contribution in [0.3, 0.4) is 0 Å². The molecule has 0 bridgehead atoms. The maximum atomic E-state index is 13.1. The molecule has 2 aromatic rings. The number of fused-ring (bicyclic) bond motifs is 1. The van der Waals surface area contributed by atoms with Crippen LogP contribution in [0.25, 0.3) is 0 Å². The summed E-state index contributed by atoms with van der Waals surface area (Å²) in [6, 6.07) is 7.41. The molecule has 0 radical (unpaired) electrons. The number of aryl methyl sites for hydroxylation is 1. The molecule has 2 aromatic heterocycles. The van der Waals surface area contributed by atoms with E-state index >= 15 is 0 Å². The van der Waals surface area contributed by atoms with Gasteiger partial charge >= 0.3 is 0 Å². The van der Waals surface area contributed by atoms with E-state index in [-0.39, 0.29) is 17.0 Å². The van der Waals surface area contributed by atoms with Crippen LogP contribution >= 0.6 is 0 Å². The highest BCUT2D eigenvalue weighted by Crippen LogP contribution is 2.40. The van der Waals surface area contributed by atoms with Crippen LogP contribution in [0.2, 0.25) is 0 Å². The Balaban J connectivity index is 2.26. The Labute approximate surface area is 144 Å². The highest BCUT2D eigenvalue weighted by molar-refractivity contribution is 5.54. The van der Waals surface area contributed by atoms with Crippen LogP contribution < -0.4 is 16.0 Å². The van der Waals surface area contributed by atoms with Gasteiger partial charge in [-0.2, -0.15) is 5.26 Å². The normalized spacial score (nSPS) is 16.1.